The van der Waals surface area contributed by atoms with Crippen LogP contribution < -0.4 is 5.32 Å². The fourth-order valence-corrected chi connectivity index (χ4v) is 2.51. The lowest BCUT2D eigenvalue weighted by molar-refractivity contribution is 0.535. The Kier molecular flexibility index (Phi) is 5.41. The Labute approximate surface area is 130 Å². The monoisotopic (exact) mass is 308 g/mol. The standard InChI is InChI=1S/C16H18Cl2N2/c1-3-19-16(15-6-4-5-11(2)20-15)10-12-7-8-13(17)14(18)9-12/h4-9,16,19H,3,10H2,1-2H3. The number of pyridine rings is 1. The number of hydrogen-bond acceptors (Lipinski definition) is 2. The van der Waals surface area contributed by atoms with Gasteiger partial charge in [-0.2, -0.15) is 0 Å². The molecule has 0 bridgehead atoms. The molecular weight excluding hydrogens is 291 g/mol. The van der Waals surface area contributed by atoms with E-state index in [9.17, 15) is 0 Å². The summed E-state index contributed by atoms with van der Waals surface area (Å²) in [6.45, 7) is 4.99. The average molecular weight is 309 g/mol. The molecule has 0 fully saturated rings. The zero-order valence-corrected chi connectivity index (χ0v) is 13.2. The lowest BCUT2D eigenvalue weighted by Crippen LogP contribution is -2.24. The lowest BCUT2D eigenvalue weighted by Gasteiger charge is -2.18. The molecule has 0 aliphatic rings. The number of halogens is 2. The van der Waals surface area contributed by atoms with E-state index in [1.54, 1.807) is 0 Å². The first-order valence-corrected chi connectivity index (χ1v) is 7.46. The molecule has 1 aromatic carbocycles. The zero-order chi connectivity index (χ0) is 14.5. The maximum absolute atomic E-state index is 6.08. The van der Waals surface area contributed by atoms with Crippen molar-refractivity contribution in [2.45, 2.75) is 26.3 Å². The molecule has 0 aliphatic heterocycles. The third-order valence-electron chi connectivity index (χ3n) is 3.14. The van der Waals surface area contributed by atoms with E-state index in [0.29, 0.717) is 10.0 Å². The Bertz CT molecular complexity index is 584. The molecule has 2 nitrogen and oxygen atoms in total. The summed E-state index contributed by atoms with van der Waals surface area (Å²) in [6.07, 6.45) is 0.835. The van der Waals surface area contributed by atoms with Crippen LogP contribution in [0.25, 0.3) is 0 Å². The van der Waals surface area contributed by atoms with Crippen molar-refractivity contribution in [3.05, 3.63) is 63.4 Å². The normalized spacial score (nSPS) is 12.4. The molecule has 106 valence electrons. The van der Waals surface area contributed by atoms with E-state index in [2.05, 4.69) is 23.3 Å². The summed E-state index contributed by atoms with van der Waals surface area (Å²) in [7, 11) is 0. The minimum absolute atomic E-state index is 0.178. The van der Waals surface area contributed by atoms with Crippen molar-refractivity contribution in [2.75, 3.05) is 6.54 Å². The fraction of sp³-hybridized carbons (Fsp3) is 0.312. The number of benzene rings is 1. The van der Waals surface area contributed by atoms with Crippen LogP contribution in [0.15, 0.2) is 36.4 Å². The highest BCUT2D eigenvalue weighted by Crippen LogP contribution is 2.25. The van der Waals surface area contributed by atoms with Crippen LogP contribution in [0.5, 0.6) is 0 Å². The molecule has 0 saturated heterocycles. The molecule has 1 N–H and O–H groups in total. The highest BCUT2D eigenvalue weighted by Gasteiger charge is 2.13. The molecule has 1 aromatic heterocycles. The van der Waals surface area contributed by atoms with E-state index in [0.717, 1.165) is 29.9 Å². The highest BCUT2D eigenvalue weighted by atomic mass is 35.5. The summed E-state index contributed by atoms with van der Waals surface area (Å²) in [5, 5.41) is 4.65. The summed E-state index contributed by atoms with van der Waals surface area (Å²) in [4.78, 5) is 4.61. The molecule has 0 spiro atoms. The average Bonchev–Trinajstić information content (AvgIpc) is 2.42. The van der Waals surface area contributed by atoms with Crippen molar-refractivity contribution in [1.82, 2.24) is 10.3 Å². The van der Waals surface area contributed by atoms with E-state index < -0.39 is 0 Å². The topological polar surface area (TPSA) is 24.9 Å². The van der Waals surface area contributed by atoms with Gasteiger partial charge >= 0.3 is 0 Å². The molecule has 0 amide bonds. The Morgan fingerprint density at radius 3 is 2.60 bits per heavy atom. The van der Waals surface area contributed by atoms with Gasteiger partial charge in [0.1, 0.15) is 0 Å². The SMILES string of the molecule is CCNC(Cc1ccc(Cl)c(Cl)c1)c1cccc(C)n1. The Morgan fingerprint density at radius 2 is 1.95 bits per heavy atom. The number of likely N-dealkylation sites (N-methyl/N-ethyl adjacent to an activating group) is 1. The maximum atomic E-state index is 6.08. The van der Waals surface area contributed by atoms with Crippen molar-refractivity contribution >= 4 is 23.2 Å². The van der Waals surface area contributed by atoms with Gasteiger partial charge in [-0.25, -0.2) is 0 Å². The van der Waals surface area contributed by atoms with Gasteiger partial charge in [0.25, 0.3) is 0 Å². The molecule has 2 aromatic rings. The van der Waals surface area contributed by atoms with Crippen LogP contribution in [0, 0.1) is 6.92 Å². The van der Waals surface area contributed by atoms with E-state index in [1.165, 1.54) is 0 Å². The van der Waals surface area contributed by atoms with Gasteiger partial charge in [0, 0.05) is 5.69 Å². The molecule has 1 heterocycles. The van der Waals surface area contributed by atoms with E-state index >= 15 is 0 Å². The zero-order valence-electron chi connectivity index (χ0n) is 11.7. The van der Waals surface area contributed by atoms with E-state index in [1.807, 2.05) is 37.3 Å². The molecule has 2 rings (SSSR count). The molecule has 1 atom stereocenters. The molecular formula is C16H18Cl2N2. The minimum atomic E-state index is 0.178. The largest absolute Gasteiger partial charge is 0.309 e. The summed E-state index contributed by atoms with van der Waals surface area (Å²) >= 11 is 12.0. The van der Waals surface area contributed by atoms with Gasteiger partial charge in [0.15, 0.2) is 0 Å². The number of nitrogens with one attached hydrogen (secondary N) is 1. The van der Waals surface area contributed by atoms with Crippen LogP contribution in [-0.4, -0.2) is 11.5 Å². The van der Waals surface area contributed by atoms with Crippen LogP contribution in [0.3, 0.4) is 0 Å². The lowest BCUT2D eigenvalue weighted by atomic mass is 10.0. The van der Waals surface area contributed by atoms with Crippen molar-refractivity contribution < 1.29 is 0 Å². The van der Waals surface area contributed by atoms with Crippen molar-refractivity contribution in [1.29, 1.82) is 0 Å². The highest BCUT2D eigenvalue weighted by molar-refractivity contribution is 6.42. The van der Waals surface area contributed by atoms with Crippen LogP contribution in [-0.2, 0) is 6.42 Å². The quantitative estimate of drug-likeness (QED) is 0.874. The van der Waals surface area contributed by atoms with E-state index in [4.69, 9.17) is 23.2 Å². The molecule has 20 heavy (non-hydrogen) atoms. The summed E-state index contributed by atoms with van der Waals surface area (Å²) < 4.78 is 0. The number of hydrogen-bond donors (Lipinski definition) is 1. The van der Waals surface area contributed by atoms with Crippen LogP contribution in [0.2, 0.25) is 10.0 Å². The smallest absolute Gasteiger partial charge is 0.0595 e. The van der Waals surface area contributed by atoms with Gasteiger partial charge in [0.2, 0.25) is 0 Å². The Morgan fingerprint density at radius 1 is 1.15 bits per heavy atom. The number of rotatable bonds is 5. The maximum Gasteiger partial charge on any atom is 0.0595 e. The predicted octanol–water partition coefficient (Wildman–Crippen LogP) is 4.59. The Hall–Kier alpha value is -1.09. The second-order valence-corrected chi connectivity index (χ2v) is 5.58. The molecule has 1 unspecified atom stereocenters. The van der Waals surface area contributed by atoms with Crippen molar-refractivity contribution in [3.63, 3.8) is 0 Å². The van der Waals surface area contributed by atoms with E-state index in [-0.39, 0.29) is 6.04 Å². The molecule has 0 radical (unpaired) electrons. The molecule has 4 heteroatoms. The van der Waals surface area contributed by atoms with Gasteiger partial charge in [-0.15, -0.1) is 0 Å². The number of aryl methyl sites for hydroxylation is 1. The van der Waals surface area contributed by atoms with Gasteiger partial charge in [0.05, 0.1) is 21.8 Å². The third kappa shape index (κ3) is 3.95. The first-order chi connectivity index (χ1) is 9.60. The number of nitrogens with zero attached hydrogens (tertiary/aromatic N) is 1. The van der Waals surface area contributed by atoms with Crippen LogP contribution in [0.4, 0.5) is 0 Å². The molecule has 0 aliphatic carbocycles. The Balaban J connectivity index is 2.22. The third-order valence-corrected chi connectivity index (χ3v) is 3.88. The van der Waals surface area contributed by atoms with Gasteiger partial charge < -0.3 is 5.32 Å². The first-order valence-electron chi connectivity index (χ1n) is 6.71. The first kappa shape index (κ1) is 15.3. The molecule has 0 saturated carbocycles. The van der Waals surface area contributed by atoms with Crippen molar-refractivity contribution in [2.24, 2.45) is 0 Å². The summed E-state index contributed by atoms with van der Waals surface area (Å²) in [6, 6.07) is 12.0. The van der Waals surface area contributed by atoms with Gasteiger partial charge in [-0.3, -0.25) is 4.98 Å². The van der Waals surface area contributed by atoms with Crippen molar-refractivity contribution in [3.8, 4) is 0 Å². The summed E-state index contributed by atoms with van der Waals surface area (Å²) in [5.74, 6) is 0. The second kappa shape index (κ2) is 7.07. The minimum Gasteiger partial charge on any atom is -0.309 e. The fourth-order valence-electron chi connectivity index (χ4n) is 2.19. The van der Waals surface area contributed by atoms with Crippen LogP contribution >= 0.6 is 23.2 Å². The summed E-state index contributed by atoms with van der Waals surface area (Å²) in [5.41, 5.74) is 3.23. The van der Waals surface area contributed by atoms with Gasteiger partial charge in [-0.1, -0.05) is 42.3 Å². The van der Waals surface area contributed by atoms with Gasteiger partial charge in [-0.05, 0) is 49.7 Å². The second-order valence-electron chi connectivity index (χ2n) is 4.77. The number of aromatic nitrogens is 1. The predicted molar refractivity (Wildman–Crippen MR) is 85.6 cm³/mol. The van der Waals surface area contributed by atoms with Crippen LogP contribution in [0.1, 0.15) is 29.9 Å².